The highest BCUT2D eigenvalue weighted by Crippen LogP contribution is 2.31. The van der Waals surface area contributed by atoms with Crippen molar-refractivity contribution in [1.82, 2.24) is 19.8 Å². The van der Waals surface area contributed by atoms with Crippen molar-refractivity contribution in [3.8, 4) is 0 Å². The number of imidazole rings is 1. The van der Waals surface area contributed by atoms with Crippen molar-refractivity contribution in [3.05, 3.63) is 53.8 Å². The molecule has 1 N–H and O–H groups in total. The molecule has 3 aliphatic rings. The Morgan fingerprint density at radius 2 is 2.08 bits per heavy atom. The van der Waals surface area contributed by atoms with Crippen LogP contribution in [0, 0.1) is 12.8 Å². The van der Waals surface area contributed by atoms with Gasteiger partial charge in [-0.1, -0.05) is 18.2 Å². The van der Waals surface area contributed by atoms with Gasteiger partial charge in [0.2, 0.25) is 0 Å². The molecule has 6 rings (SSSR count). The van der Waals surface area contributed by atoms with Gasteiger partial charge in [-0.05, 0) is 37.8 Å². The second-order valence-corrected chi connectivity index (χ2v) is 7.95. The van der Waals surface area contributed by atoms with Crippen LogP contribution >= 0.6 is 0 Å². The van der Waals surface area contributed by atoms with Crippen LogP contribution in [0.25, 0.3) is 11.0 Å². The molecule has 5 nitrogen and oxygen atoms in total. The number of hydrogen-bond acceptors (Lipinski definition) is 4. The summed E-state index contributed by atoms with van der Waals surface area (Å²) in [7, 11) is 0. The van der Waals surface area contributed by atoms with Gasteiger partial charge in [-0.25, -0.2) is 4.98 Å². The van der Waals surface area contributed by atoms with E-state index in [2.05, 4.69) is 51.0 Å². The molecule has 0 amide bonds. The second kappa shape index (κ2) is 6.56. The molecule has 2 aromatic heterocycles. The third kappa shape index (κ3) is 3.06. The number of aryl methyl sites for hydroxylation is 1. The molecule has 2 atom stereocenters. The van der Waals surface area contributed by atoms with Crippen molar-refractivity contribution < 1.29 is 4.42 Å². The van der Waals surface area contributed by atoms with Crippen molar-refractivity contribution in [1.29, 1.82) is 0 Å². The van der Waals surface area contributed by atoms with E-state index in [9.17, 15) is 0 Å². The Labute approximate surface area is 154 Å². The van der Waals surface area contributed by atoms with Gasteiger partial charge in [-0.2, -0.15) is 0 Å². The second-order valence-electron chi connectivity index (χ2n) is 7.95. The van der Waals surface area contributed by atoms with Crippen LogP contribution in [-0.4, -0.2) is 45.4 Å². The number of piperidine rings is 1. The van der Waals surface area contributed by atoms with Crippen LogP contribution in [0.5, 0.6) is 0 Å². The standard InChI is InChI=1S/C21H26N4O/c1-15-20(23-14-22-15)13-24-9-16-6-7-18(11-24)25(10-16)12-19-8-17-4-2-3-5-21(17)26-19/h2-5,8,14,16,18H,6-7,9-13H2,1H3,(H,22,23)/t16-,18+/m1/s1. The summed E-state index contributed by atoms with van der Waals surface area (Å²) in [6, 6.07) is 11.1. The molecule has 0 aliphatic carbocycles. The number of fused-ring (bicyclic) bond motifs is 5. The number of aromatic amines is 1. The summed E-state index contributed by atoms with van der Waals surface area (Å²) in [5.41, 5.74) is 3.38. The molecule has 136 valence electrons. The van der Waals surface area contributed by atoms with Gasteiger partial charge in [-0.15, -0.1) is 0 Å². The fourth-order valence-corrected chi connectivity index (χ4v) is 4.67. The Morgan fingerprint density at radius 3 is 2.92 bits per heavy atom. The van der Waals surface area contributed by atoms with Crippen LogP contribution in [0.3, 0.4) is 0 Å². The number of para-hydroxylation sites is 1. The number of H-pyrrole nitrogens is 1. The first-order chi connectivity index (χ1) is 12.7. The van der Waals surface area contributed by atoms with Crippen LogP contribution in [0.4, 0.5) is 0 Å². The van der Waals surface area contributed by atoms with Crippen molar-refractivity contribution in [2.75, 3.05) is 19.6 Å². The number of nitrogens with zero attached hydrogens (tertiary/aromatic N) is 3. The van der Waals surface area contributed by atoms with E-state index in [-0.39, 0.29) is 0 Å². The average Bonchev–Trinajstić information content (AvgIpc) is 3.11. The largest absolute Gasteiger partial charge is 0.460 e. The van der Waals surface area contributed by atoms with Gasteiger partial charge in [-0.3, -0.25) is 9.80 Å². The predicted molar refractivity (Wildman–Crippen MR) is 102 cm³/mol. The van der Waals surface area contributed by atoms with Crippen molar-refractivity contribution in [3.63, 3.8) is 0 Å². The Morgan fingerprint density at radius 1 is 1.15 bits per heavy atom. The molecule has 0 saturated carbocycles. The molecule has 5 heteroatoms. The molecule has 3 aliphatic heterocycles. The third-order valence-corrected chi connectivity index (χ3v) is 6.05. The van der Waals surface area contributed by atoms with E-state index in [0.717, 1.165) is 36.9 Å². The molecule has 0 radical (unpaired) electrons. The molecule has 2 bridgehead atoms. The van der Waals surface area contributed by atoms with Gasteiger partial charge in [0.15, 0.2) is 0 Å². The molecule has 26 heavy (non-hydrogen) atoms. The number of aromatic nitrogens is 2. The van der Waals surface area contributed by atoms with Gasteiger partial charge < -0.3 is 9.40 Å². The Kier molecular flexibility index (Phi) is 4.06. The van der Waals surface area contributed by atoms with Crippen LogP contribution in [0.15, 0.2) is 41.1 Å². The van der Waals surface area contributed by atoms with Gasteiger partial charge in [0.05, 0.1) is 18.6 Å². The average molecular weight is 350 g/mol. The maximum absolute atomic E-state index is 6.08. The molecular formula is C21H26N4O. The summed E-state index contributed by atoms with van der Waals surface area (Å²) < 4.78 is 6.08. The zero-order chi connectivity index (χ0) is 17.5. The van der Waals surface area contributed by atoms with Crippen LogP contribution in [-0.2, 0) is 13.1 Å². The first-order valence-corrected chi connectivity index (χ1v) is 9.67. The molecule has 0 spiro atoms. The minimum Gasteiger partial charge on any atom is -0.460 e. The smallest absolute Gasteiger partial charge is 0.134 e. The molecule has 3 fully saturated rings. The van der Waals surface area contributed by atoms with Crippen LogP contribution in [0.1, 0.15) is 30.0 Å². The fraction of sp³-hybridized carbons (Fsp3) is 0.476. The van der Waals surface area contributed by atoms with E-state index in [1.54, 1.807) is 0 Å². The lowest BCUT2D eigenvalue weighted by Gasteiger charge is -2.35. The summed E-state index contributed by atoms with van der Waals surface area (Å²) in [6.45, 7) is 7.48. The van der Waals surface area contributed by atoms with Gasteiger partial charge in [0.25, 0.3) is 0 Å². The molecule has 3 aromatic rings. The summed E-state index contributed by atoms with van der Waals surface area (Å²) in [5, 5.41) is 1.21. The fourth-order valence-electron chi connectivity index (χ4n) is 4.67. The number of furan rings is 1. The molecule has 1 aromatic carbocycles. The minimum atomic E-state index is 0.612. The van der Waals surface area contributed by atoms with E-state index in [1.165, 1.54) is 42.7 Å². The van der Waals surface area contributed by atoms with Gasteiger partial charge in [0, 0.05) is 43.3 Å². The minimum absolute atomic E-state index is 0.612. The van der Waals surface area contributed by atoms with E-state index in [1.807, 2.05) is 12.4 Å². The van der Waals surface area contributed by atoms with E-state index in [0.29, 0.717) is 6.04 Å². The van der Waals surface area contributed by atoms with Crippen molar-refractivity contribution in [2.45, 2.75) is 38.9 Å². The monoisotopic (exact) mass is 350 g/mol. The first kappa shape index (κ1) is 16.1. The van der Waals surface area contributed by atoms with Gasteiger partial charge in [0.1, 0.15) is 11.3 Å². The van der Waals surface area contributed by atoms with E-state index in [4.69, 9.17) is 4.42 Å². The molecular weight excluding hydrogens is 324 g/mol. The SMILES string of the molecule is Cc1[nH]cnc1CN1C[C@H]2CC[C@@H](C1)N(Cc1cc3ccccc3o1)C2. The van der Waals surface area contributed by atoms with E-state index >= 15 is 0 Å². The lowest BCUT2D eigenvalue weighted by atomic mass is 9.95. The van der Waals surface area contributed by atoms with Crippen LogP contribution in [0.2, 0.25) is 0 Å². The zero-order valence-electron chi connectivity index (χ0n) is 15.3. The highest BCUT2D eigenvalue weighted by molar-refractivity contribution is 5.77. The summed E-state index contributed by atoms with van der Waals surface area (Å²) in [6.07, 6.45) is 4.45. The molecule has 3 saturated heterocycles. The van der Waals surface area contributed by atoms with Crippen molar-refractivity contribution in [2.24, 2.45) is 5.92 Å². The quantitative estimate of drug-likeness (QED) is 0.782. The maximum Gasteiger partial charge on any atom is 0.134 e. The Balaban J connectivity index is 1.31. The zero-order valence-corrected chi connectivity index (χ0v) is 15.3. The third-order valence-electron chi connectivity index (χ3n) is 6.05. The lowest BCUT2D eigenvalue weighted by Crippen LogP contribution is -2.43. The highest BCUT2D eigenvalue weighted by atomic mass is 16.3. The Bertz CT molecular complexity index is 865. The number of benzene rings is 1. The topological polar surface area (TPSA) is 48.3 Å². The van der Waals surface area contributed by atoms with E-state index < -0.39 is 0 Å². The maximum atomic E-state index is 6.08. The normalized spacial score (nSPS) is 24.3. The number of rotatable bonds is 4. The Hall–Kier alpha value is -2.11. The number of hydrogen-bond donors (Lipinski definition) is 1. The summed E-state index contributed by atoms with van der Waals surface area (Å²) in [4.78, 5) is 12.9. The van der Waals surface area contributed by atoms with Gasteiger partial charge >= 0.3 is 0 Å². The predicted octanol–water partition coefficient (Wildman–Crippen LogP) is 3.56. The molecule has 5 heterocycles. The number of nitrogens with one attached hydrogen (secondary N) is 1. The first-order valence-electron chi connectivity index (χ1n) is 9.67. The van der Waals surface area contributed by atoms with Crippen molar-refractivity contribution >= 4 is 11.0 Å². The summed E-state index contributed by atoms with van der Waals surface area (Å²) in [5.74, 6) is 1.84. The molecule has 0 unspecified atom stereocenters. The summed E-state index contributed by atoms with van der Waals surface area (Å²) >= 11 is 0. The van der Waals surface area contributed by atoms with Crippen LogP contribution < -0.4 is 0 Å². The lowest BCUT2D eigenvalue weighted by molar-refractivity contribution is 0.115. The highest BCUT2D eigenvalue weighted by Gasteiger charge is 2.35.